The van der Waals surface area contributed by atoms with Crippen molar-refractivity contribution in [2.45, 2.75) is 44.9 Å². The van der Waals surface area contributed by atoms with Gasteiger partial charge in [0.15, 0.2) is 0 Å². The fourth-order valence-corrected chi connectivity index (χ4v) is 2.55. The predicted octanol–water partition coefficient (Wildman–Crippen LogP) is 5.39. The summed E-state index contributed by atoms with van der Waals surface area (Å²) < 4.78 is 12.8. The number of benzene rings is 1. The fraction of sp³-hybridized carbons (Fsp3) is 0.625. The topological polar surface area (TPSA) is 3.24 Å². The molecule has 1 aromatic rings. The molecule has 0 atom stereocenters. The first-order chi connectivity index (χ1) is 9.24. The molecule has 108 valence electrons. The Hall–Kier alpha value is -0.570. The van der Waals surface area contributed by atoms with Gasteiger partial charge in [-0.15, -0.1) is 0 Å². The first kappa shape index (κ1) is 16.5. The van der Waals surface area contributed by atoms with E-state index in [1.165, 1.54) is 57.1 Å². The Balaban J connectivity index is 2.04. The van der Waals surface area contributed by atoms with Crippen LogP contribution < -0.4 is 4.90 Å². The molecule has 0 aliphatic rings. The number of anilines is 1. The van der Waals surface area contributed by atoms with Crippen molar-refractivity contribution in [3.8, 4) is 0 Å². The molecule has 1 aromatic carbocycles. The molecule has 0 aliphatic carbocycles. The van der Waals surface area contributed by atoms with Crippen molar-refractivity contribution in [1.82, 2.24) is 0 Å². The van der Waals surface area contributed by atoms with Crippen LogP contribution in [0.15, 0.2) is 24.3 Å². The molecule has 0 N–H and O–H groups in total. The Morgan fingerprint density at radius 2 is 1.42 bits per heavy atom. The van der Waals surface area contributed by atoms with Crippen LogP contribution in [0, 0.1) is 5.82 Å². The number of rotatable bonds is 10. The van der Waals surface area contributed by atoms with Gasteiger partial charge in [0, 0.05) is 24.6 Å². The van der Waals surface area contributed by atoms with Crippen molar-refractivity contribution in [3.63, 3.8) is 0 Å². The summed E-state index contributed by atoms with van der Waals surface area (Å²) >= 11 is 3.46. The molecule has 3 heteroatoms. The maximum atomic E-state index is 12.8. The van der Waals surface area contributed by atoms with Gasteiger partial charge in [0.2, 0.25) is 0 Å². The van der Waals surface area contributed by atoms with Crippen LogP contribution in [0.4, 0.5) is 10.1 Å². The second kappa shape index (κ2) is 10.2. The minimum atomic E-state index is -0.166. The second-order valence-corrected chi connectivity index (χ2v) is 5.85. The van der Waals surface area contributed by atoms with Gasteiger partial charge in [-0.2, -0.15) is 0 Å². The molecule has 19 heavy (non-hydrogen) atoms. The Morgan fingerprint density at radius 3 is 2.00 bits per heavy atom. The van der Waals surface area contributed by atoms with E-state index in [4.69, 9.17) is 0 Å². The highest BCUT2D eigenvalue weighted by molar-refractivity contribution is 9.09. The van der Waals surface area contributed by atoms with Crippen LogP contribution in [0.25, 0.3) is 0 Å². The SMILES string of the molecule is CN(CCCCCCCCCBr)c1ccc(F)cc1. The van der Waals surface area contributed by atoms with E-state index < -0.39 is 0 Å². The Morgan fingerprint density at radius 1 is 0.895 bits per heavy atom. The van der Waals surface area contributed by atoms with E-state index in [0.29, 0.717) is 0 Å². The zero-order valence-corrected chi connectivity index (χ0v) is 13.5. The lowest BCUT2D eigenvalue weighted by atomic mass is 10.1. The molecule has 0 aromatic heterocycles. The van der Waals surface area contributed by atoms with Gasteiger partial charge >= 0.3 is 0 Å². The highest BCUT2D eigenvalue weighted by Crippen LogP contribution is 2.14. The average molecular weight is 330 g/mol. The van der Waals surface area contributed by atoms with E-state index in [1.54, 1.807) is 0 Å². The number of hydrogen-bond acceptors (Lipinski definition) is 1. The quantitative estimate of drug-likeness (QED) is 0.411. The molecular formula is C16H25BrFN. The number of hydrogen-bond donors (Lipinski definition) is 0. The lowest BCUT2D eigenvalue weighted by Crippen LogP contribution is -2.18. The molecule has 0 saturated heterocycles. The Kier molecular flexibility index (Phi) is 8.89. The van der Waals surface area contributed by atoms with Crippen LogP contribution in [0.1, 0.15) is 44.9 Å². The smallest absolute Gasteiger partial charge is 0.123 e. The van der Waals surface area contributed by atoms with E-state index in [1.807, 2.05) is 12.1 Å². The summed E-state index contributed by atoms with van der Waals surface area (Å²) in [6, 6.07) is 6.73. The van der Waals surface area contributed by atoms with Crippen LogP contribution in [-0.2, 0) is 0 Å². The summed E-state index contributed by atoms with van der Waals surface area (Å²) in [5.41, 5.74) is 1.10. The molecule has 1 rings (SSSR count). The maximum absolute atomic E-state index is 12.8. The van der Waals surface area contributed by atoms with Gasteiger partial charge in [0.25, 0.3) is 0 Å². The van der Waals surface area contributed by atoms with Crippen LogP contribution in [0.3, 0.4) is 0 Å². The molecule has 0 radical (unpaired) electrons. The van der Waals surface area contributed by atoms with E-state index in [0.717, 1.165) is 17.6 Å². The molecule has 0 bridgehead atoms. The van der Waals surface area contributed by atoms with Gasteiger partial charge in [0.05, 0.1) is 0 Å². The molecule has 0 spiro atoms. The molecule has 0 heterocycles. The maximum Gasteiger partial charge on any atom is 0.123 e. The number of nitrogens with zero attached hydrogens (tertiary/aromatic N) is 1. The monoisotopic (exact) mass is 329 g/mol. The van der Waals surface area contributed by atoms with Crippen molar-refractivity contribution < 1.29 is 4.39 Å². The third kappa shape index (κ3) is 7.56. The van der Waals surface area contributed by atoms with E-state index in [9.17, 15) is 4.39 Å². The Labute approximate surface area is 125 Å². The summed E-state index contributed by atoms with van der Waals surface area (Å²) in [5.74, 6) is -0.166. The van der Waals surface area contributed by atoms with Crippen LogP contribution >= 0.6 is 15.9 Å². The molecule has 0 aliphatic heterocycles. The lowest BCUT2D eigenvalue weighted by molar-refractivity contribution is 0.590. The van der Waals surface area contributed by atoms with Crippen molar-refractivity contribution in [2.24, 2.45) is 0 Å². The summed E-state index contributed by atoms with van der Waals surface area (Å²) in [6.07, 6.45) is 9.20. The fourth-order valence-electron chi connectivity index (χ4n) is 2.15. The van der Waals surface area contributed by atoms with Crippen LogP contribution in [0.2, 0.25) is 0 Å². The molecule has 0 saturated carbocycles. The van der Waals surface area contributed by atoms with Gasteiger partial charge in [-0.25, -0.2) is 4.39 Å². The van der Waals surface area contributed by atoms with E-state index >= 15 is 0 Å². The van der Waals surface area contributed by atoms with E-state index in [-0.39, 0.29) is 5.82 Å². The van der Waals surface area contributed by atoms with Crippen LogP contribution in [0.5, 0.6) is 0 Å². The summed E-state index contributed by atoms with van der Waals surface area (Å²) in [5, 5.41) is 1.13. The summed E-state index contributed by atoms with van der Waals surface area (Å²) in [7, 11) is 2.07. The first-order valence-corrected chi connectivity index (χ1v) is 8.39. The number of unbranched alkanes of at least 4 members (excludes halogenated alkanes) is 6. The van der Waals surface area contributed by atoms with Crippen molar-refractivity contribution >= 4 is 21.6 Å². The van der Waals surface area contributed by atoms with E-state index in [2.05, 4.69) is 27.9 Å². The standard InChI is InChI=1S/C16H25BrFN/c1-19(16-11-9-15(18)10-12-16)14-8-6-4-2-3-5-7-13-17/h9-12H,2-8,13-14H2,1H3. The number of alkyl halides is 1. The van der Waals surface area contributed by atoms with Gasteiger partial charge in [-0.05, 0) is 37.1 Å². The number of halogens is 2. The molecule has 0 fully saturated rings. The average Bonchev–Trinajstić information content (AvgIpc) is 2.42. The molecule has 0 amide bonds. The van der Waals surface area contributed by atoms with Gasteiger partial charge in [0.1, 0.15) is 5.82 Å². The van der Waals surface area contributed by atoms with Crippen molar-refractivity contribution in [1.29, 1.82) is 0 Å². The second-order valence-electron chi connectivity index (χ2n) is 5.06. The van der Waals surface area contributed by atoms with Gasteiger partial charge in [-0.1, -0.05) is 48.0 Å². The first-order valence-electron chi connectivity index (χ1n) is 7.26. The largest absolute Gasteiger partial charge is 0.375 e. The summed E-state index contributed by atoms with van der Waals surface area (Å²) in [4.78, 5) is 2.20. The van der Waals surface area contributed by atoms with Gasteiger partial charge in [-0.3, -0.25) is 0 Å². The van der Waals surface area contributed by atoms with Gasteiger partial charge < -0.3 is 4.90 Å². The zero-order chi connectivity index (χ0) is 13.9. The molecular weight excluding hydrogens is 305 g/mol. The molecule has 1 nitrogen and oxygen atoms in total. The van der Waals surface area contributed by atoms with Crippen LogP contribution in [-0.4, -0.2) is 18.9 Å². The van der Waals surface area contributed by atoms with Crippen molar-refractivity contribution in [2.75, 3.05) is 23.8 Å². The highest BCUT2D eigenvalue weighted by Gasteiger charge is 2.00. The third-order valence-corrected chi connectivity index (χ3v) is 3.96. The summed E-state index contributed by atoms with van der Waals surface area (Å²) in [6.45, 7) is 1.05. The minimum Gasteiger partial charge on any atom is -0.375 e. The predicted molar refractivity (Wildman–Crippen MR) is 85.8 cm³/mol. The third-order valence-electron chi connectivity index (χ3n) is 3.39. The normalized spacial score (nSPS) is 10.7. The minimum absolute atomic E-state index is 0.166. The molecule has 0 unspecified atom stereocenters. The zero-order valence-electron chi connectivity index (χ0n) is 11.9. The Bertz CT molecular complexity index is 326. The van der Waals surface area contributed by atoms with Crippen molar-refractivity contribution in [3.05, 3.63) is 30.1 Å². The lowest BCUT2D eigenvalue weighted by Gasteiger charge is -2.19. The highest BCUT2D eigenvalue weighted by atomic mass is 79.9.